The second-order valence-electron chi connectivity index (χ2n) is 15.3. The molecule has 11 aromatic rings. The molecule has 0 unspecified atom stereocenters. The number of aromatic nitrogens is 2. The van der Waals surface area contributed by atoms with Crippen molar-refractivity contribution in [3.8, 4) is 28.3 Å². The lowest BCUT2D eigenvalue weighted by atomic mass is 9.99. The fourth-order valence-electron chi connectivity index (χ4n) is 8.66. The van der Waals surface area contributed by atoms with Gasteiger partial charge in [-0.25, -0.2) is 4.98 Å². The molecule has 0 aliphatic carbocycles. The van der Waals surface area contributed by atoms with Gasteiger partial charge in [0.05, 0.1) is 11.0 Å². The Morgan fingerprint density at radius 1 is 0.410 bits per heavy atom. The monoisotopic (exact) mass is 784 g/mol. The van der Waals surface area contributed by atoms with Gasteiger partial charge in [-0.2, -0.15) is 0 Å². The number of rotatable bonds is 9. The second-order valence-corrected chi connectivity index (χ2v) is 15.3. The zero-order chi connectivity index (χ0) is 40.7. The van der Waals surface area contributed by atoms with E-state index in [1.54, 1.807) is 0 Å². The highest BCUT2D eigenvalue weighted by Gasteiger charge is 2.20. The zero-order valence-corrected chi connectivity index (χ0v) is 33.6. The molecular weight excluding hydrogens is 745 g/mol. The number of benzene rings is 9. The Bertz CT molecular complexity index is 3050. The van der Waals surface area contributed by atoms with Crippen molar-refractivity contribution in [2.75, 3.05) is 9.80 Å². The molecule has 0 saturated carbocycles. The number of anilines is 6. The summed E-state index contributed by atoms with van der Waals surface area (Å²) in [5.74, 6) is 0.629. The summed E-state index contributed by atoms with van der Waals surface area (Å²) in [7, 11) is 0. The molecule has 0 aliphatic rings. The molecule has 0 radical (unpaired) electrons. The maximum absolute atomic E-state index is 6.06. The van der Waals surface area contributed by atoms with Crippen LogP contribution in [0.25, 0.3) is 61.2 Å². The molecule has 5 nitrogen and oxygen atoms in total. The predicted octanol–water partition coefficient (Wildman–Crippen LogP) is 15.5. The largest absolute Gasteiger partial charge is 0.436 e. The Hall–Kier alpha value is -8.15. The lowest BCUT2D eigenvalue weighted by molar-refractivity contribution is 0.620. The Kier molecular flexibility index (Phi) is 8.98. The molecular formula is C56H40N4O. The molecule has 0 aliphatic heterocycles. The van der Waals surface area contributed by atoms with Gasteiger partial charge in [0.1, 0.15) is 5.52 Å². The van der Waals surface area contributed by atoms with Gasteiger partial charge in [0.2, 0.25) is 5.89 Å². The molecule has 0 bridgehead atoms. The maximum Gasteiger partial charge on any atom is 0.227 e. The van der Waals surface area contributed by atoms with E-state index >= 15 is 0 Å². The van der Waals surface area contributed by atoms with Gasteiger partial charge in [0, 0.05) is 56.1 Å². The molecule has 9 aromatic carbocycles. The van der Waals surface area contributed by atoms with Crippen LogP contribution in [0.3, 0.4) is 0 Å². The molecule has 0 amide bonds. The fraction of sp³-hybridized carbons (Fsp3) is 0.0179. The van der Waals surface area contributed by atoms with Crippen LogP contribution in [0.15, 0.2) is 229 Å². The topological polar surface area (TPSA) is 37.4 Å². The highest BCUT2D eigenvalue weighted by molar-refractivity contribution is 6.12. The summed E-state index contributed by atoms with van der Waals surface area (Å²) in [6.07, 6.45) is 0. The van der Waals surface area contributed by atoms with Crippen molar-refractivity contribution in [3.05, 3.63) is 230 Å². The third-order valence-electron chi connectivity index (χ3n) is 11.5. The molecule has 61 heavy (non-hydrogen) atoms. The van der Waals surface area contributed by atoms with Gasteiger partial charge in [-0.15, -0.1) is 0 Å². The number of oxazole rings is 1. The van der Waals surface area contributed by atoms with Crippen LogP contribution in [0.5, 0.6) is 0 Å². The minimum atomic E-state index is 0.629. The van der Waals surface area contributed by atoms with E-state index in [-0.39, 0.29) is 0 Å². The summed E-state index contributed by atoms with van der Waals surface area (Å²) >= 11 is 0. The number of nitrogens with zero attached hydrogens (tertiary/aromatic N) is 4. The minimum absolute atomic E-state index is 0.629. The molecule has 2 aromatic heterocycles. The first-order chi connectivity index (χ1) is 30.2. The molecule has 2 heterocycles. The molecule has 5 heteroatoms. The number of hydrogen-bond donors (Lipinski definition) is 0. The van der Waals surface area contributed by atoms with Crippen LogP contribution in [0.2, 0.25) is 0 Å². The standard InChI is InChI=1S/C56H40N4O/c1-39-36-46(30-33-49(39)40-26-28-41(29-27-40)56-57-52-24-14-15-25-55(52)61-56)60-53-34-31-47(58(42-16-6-2-7-17-42)43-18-8-3-9-19-43)37-50(53)51-38-48(32-35-54(51)60)59(44-20-10-4-11-21-44)45-22-12-5-13-23-45/h2-38H,1H3. The molecule has 0 atom stereocenters. The lowest BCUT2D eigenvalue weighted by Gasteiger charge is -2.26. The molecule has 0 fully saturated rings. The summed E-state index contributed by atoms with van der Waals surface area (Å²) in [5, 5.41) is 2.34. The third-order valence-corrected chi connectivity index (χ3v) is 11.5. The zero-order valence-electron chi connectivity index (χ0n) is 33.6. The van der Waals surface area contributed by atoms with E-state index in [1.165, 1.54) is 21.9 Å². The number of hydrogen-bond acceptors (Lipinski definition) is 4. The molecule has 290 valence electrons. The molecule has 0 saturated heterocycles. The molecule has 0 N–H and O–H groups in total. The van der Waals surface area contributed by atoms with Crippen molar-refractivity contribution < 1.29 is 4.42 Å². The quantitative estimate of drug-likeness (QED) is 0.146. The van der Waals surface area contributed by atoms with E-state index in [0.29, 0.717) is 5.89 Å². The first-order valence-electron chi connectivity index (χ1n) is 20.6. The molecule has 11 rings (SSSR count). The summed E-state index contributed by atoms with van der Waals surface area (Å²) in [4.78, 5) is 9.38. The first-order valence-corrected chi connectivity index (χ1v) is 20.6. The van der Waals surface area contributed by atoms with Crippen LogP contribution in [0.1, 0.15) is 5.56 Å². The van der Waals surface area contributed by atoms with Gasteiger partial charge in [-0.05, 0) is 145 Å². The van der Waals surface area contributed by atoms with Crippen LogP contribution < -0.4 is 9.80 Å². The van der Waals surface area contributed by atoms with Crippen molar-refractivity contribution in [2.45, 2.75) is 6.92 Å². The van der Waals surface area contributed by atoms with Gasteiger partial charge in [-0.1, -0.05) is 103 Å². The Morgan fingerprint density at radius 3 is 1.34 bits per heavy atom. The van der Waals surface area contributed by atoms with Crippen LogP contribution in [-0.2, 0) is 0 Å². The van der Waals surface area contributed by atoms with E-state index in [2.05, 4.69) is 221 Å². The van der Waals surface area contributed by atoms with Crippen LogP contribution in [0, 0.1) is 6.92 Å². The Morgan fingerprint density at radius 2 is 0.869 bits per heavy atom. The van der Waals surface area contributed by atoms with Crippen molar-refractivity contribution >= 4 is 67.0 Å². The fourth-order valence-corrected chi connectivity index (χ4v) is 8.66. The van der Waals surface area contributed by atoms with Gasteiger partial charge in [-0.3, -0.25) is 0 Å². The second kappa shape index (κ2) is 15.2. The van der Waals surface area contributed by atoms with Gasteiger partial charge in [0.15, 0.2) is 5.58 Å². The van der Waals surface area contributed by atoms with Crippen LogP contribution in [0.4, 0.5) is 34.1 Å². The average molecular weight is 785 g/mol. The Labute approximate surface area is 354 Å². The van der Waals surface area contributed by atoms with Crippen molar-refractivity contribution in [3.63, 3.8) is 0 Å². The summed E-state index contributed by atoms with van der Waals surface area (Å²) in [6, 6.07) is 79.4. The Balaban J connectivity index is 1.06. The maximum atomic E-state index is 6.06. The van der Waals surface area contributed by atoms with Crippen molar-refractivity contribution in [2.24, 2.45) is 0 Å². The van der Waals surface area contributed by atoms with Crippen molar-refractivity contribution in [1.29, 1.82) is 0 Å². The van der Waals surface area contributed by atoms with E-state index in [4.69, 9.17) is 9.40 Å². The third kappa shape index (κ3) is 6.59. The highest BCUT2D eigenvalue weighted by atomic mass is 16.3. The predicted molar refractivity (Wildman–Crippen MR) is 253 cm³/mol. The van der Waals surface area contributed by atoms with E-state index in [0.717, 1.165) is 73.1 Å². The van der Waals surface area contributed by atoms with Crippen LogP contribution in [-0.4, -0.2) is 9.55 Å². The number of fused-ring (bicyclic) bond motifs is 4. The smallest absolute Gasteiger partial charge is 0.227 e. The minimum Gasteiger partial charge on any atom is -0.436 e. The van der Waals surface area contributed by atoms with Gasteiger partial charge < -0.3 is 18.8 Å². The lowest BCUT2D eigenvalue weighted by Crippen LogP contribution is -2.09. The normalized spacial score (nSPS) is 11.4. The van der Waals surface area contributed by atoms with E-state index in [9.17, 15) is 0 Å². The SMILES string of the molecule is Cc1cc(-n2c3ccc(N(c4ccccc4)c4ccccc4)cc3c3cc(N(c4ccccc4)c4ccccc4)ccc32)ccc1-c1ccc(-c2nc3ccccc3o2)cc1. The van der Waals surface area contributed by atoms with Gasteiger partial charge >= 0.3 is 0 Å². The van der Waals surface area contributed by atoms with E-state index in [1.807, 2.05) is 24.3 Å². The van der Waals surface area contributed by atoms with E-state index < -0.39 is 0 Å². The first kappa shape index (κ1) is 36.0. The summed E-state index contributed by atoms with van der Waals surface area (Å²) < 4.78 is 8.47. The summed E-state index contributed by atoms with van der Waals surface area (Å²) in [5.41, 5.74) is 16.1. The summed E-state index contributed by atoms with van der Waals surface area (Å²) in [6.45, 7) is 2.20. The van der Waals surface area contributed by atoms with Crippen molar-refractivity contribution in [1.82, 2.24) is 9.55 Å². The average Bonchev–Trinajstić information content (AvgIpc) is 3.90. The van der Waals surface area contributed by atoms with Gasteiger partial charge in [0.25, 0.3) is 0 Å². The number of aryl methyl sites for hydroxylation is 1. The number of para-hydroxylation sites is 6. The van der Waals surface area contributed by atoms with Crippen LogP contribution >= 0.6 is 0 Å². The molecule has 0 spiro atoms. The highest BCUT2D eigenvalue weighted by Crippen LogP contribution is 2.43.